The van der Waals surface area contributed by atoms with Crippen LogP contribution < -0.4 is 5.73 Å². The van der Waals surface area contributed by atoms with Crippen LogP contribution in [0, 0.1) is 34.6 Å². The summed E-state index contributed by atoms with van der Waals surface area (Å²) in [6, 6.07) is 3.80. The van der Waals surface area contributed by atoms with Gasteiger partial charge in [-0.05, 0) is 62.9 Å². The van der Waals surface area contributed by atoms with E-state index in [2.05, 4.69) is 19.9 Å². The predicted molar refractivity (Wildman–Crippen MR) is 79.9 cm³/mol. The standard InChI is InChI=1S/C16H20ClNO/c1-8-6-13(14(17)7-9(8)2)16(18)15-10(3)11(4)19-12(15)5/h6-7,16H,18H2,1-5H3. The highest BCUT2D eigenvalue weighted by molar-refractivity contribution is 6.31. The maximum absolute atomic E-state index is 6.41. The number of nitrogens with two attached hydrogens (primary N) is 1. The van der Waals surface area contributed by atoms with E-state index in [-0.39, 0.29) is 6.04 Å². The zero-order chi connectivity index (χ0) is 14.3. The van der Waals surface area contributed by atoms with Crippen molar-refractivity contribution in [3.63, 3.8) is 0 Å². The van der Waals surface area contributed by atoms with Gasteiger partial charge in [-0.3, -0.25) is 0 Å². The van der Waals surface area contributed by atoms with Gasteiger partial charge in [0.25, 0.3) is 0 Å². The highest BCUT2D eigenvalue weighted by Gasteiger charge is 2.21. The van der Waals surface area contributed by atoms with E-state index in [9.17, 15) is 0 Å². The Kier molecular flexibility index (Phi) is 3.75. The van der Waals surface area contributed by atoms with Gasteiger partial charge in [0.05, 0.1) is 6.04 Å². The van der Waals surface area contributed by atoms with Crippen LogP contribution in [-0.4, -0.2) is 0 Å². The maximum atomic E-state index is 6.41. The molecule has 1 heterocycles. The van der Waals surface area contributed by atoms with Crippen LogP contribution in [0.15, 0.2) is 16.5 Å². The summed E-state index contributed by atoms with van der Waals surface area (Å²) in [5.74, 6) is 1.79. The Balaban J connectivity index is 2.56. The first-order valence-electron chi connectivity index (χ1n) is 6.41. The van der Waals surface area contributed by atoms with Crippen LogP contribution in [-0.2, 0) is 0 Å². The lowest BCUT2D eigenvalue weighted by Gasteiger charge is -2.16. The van der Waals surface area contributed by atoms with Crippen molar-refractivity contribution in [3.8, 4) is 0 Å². The molecule has 1 unspecified atom stereocenters. The van der Waals surface area contributed by atoms with Crippen LogP contribution in [0.4, 0.5) is 0 Å². The zero-order valence-electron chi connectivity index (χ0n) is 12.1. The van der Waals surface area contributed by atoms with Crippen LogP contribution in [0.3, 0.4) is 0 Å². The molecular weight excluding hydrogens is 258 g/mol. The number of furan rings is 1. The van der Waals surface area contributed by atoms with Gasteiger partial charge in [0.2, 0.25) is 0 Å². The fourth-order valence-electron chi connectivity index (χ4n) is 2.46. The monoisotopic (exact) mass is 277 g/mol. The lowest BCUT2D eigenvalue weighted by molar-refractivity contribution is 0.498. The van der Waals surface area contributed by atoms with Gasteiger partial charge >= 0.3 is 0 Å². The van der Waals surface area contributed by atoms with Crippen LogP contribution in [0.1, 0.15) is 45.4 Å². The Morgan fingerprint density at radius 1 is 1.00 bits per heavy atom. The first-order chi connectivity index (χ1) is 8.82. The Morgan fingerprint density at radius 3 is 2.11 bits per heavy atom. The molecule has 0 aliphatic rings. The second-order valence-corrected chi connectivity index (χ2v) is 5.60. The molecule has 1 aromatic heterocycles. The topological polar surface area (TPSA) is 39.2 Å². The third-order valence-corrected chi connectivity index (χ3v) is 4.20. The molecule has 0 radical (unpaired) electrons. The van der Waals surface area contributed by atoms with E-state index < -0.39 is 0 Å². The molecule has 3 heteroatoms. The molecule has 0 bridgehead atoms. The molecule has 2 nitrogen and oxygen atoms in total. The number of hydrogen-bond acceptors (Lipinski definition) is 2. The first kappa shape index (κ1) is 14.2. The number of benzene rings is 1. The van der Waals surface area contributed by atoms with E-state index >= 15 is 0 Å². The summed E-state index contributed by atoms with van der Waals surface area (Å²) in [5, 5.41) is 0.716. The molecule has 1 atom stereocenters. The molecule has 1 aromatic carbocycles. The highest BCUT2D eigenvalue weighted by Crippen LogP contribution is 2.34. The fraction of sp³-hybridized carbons (Fsp3) is 0.375. The van der Waals surface area contributed by atoms with Crippen LogP contribution in [0.5, 0.6) is 0 Å². The third kappa shape index (κ3) is 2.43. The van der Waals surface area contributed by atoms with E-state index in [1.165, 1.54) is 11.1 Å². The minimum Gasteiger partial charge on any atom is -0.466 e. The van der Waals surface area contributed by atoms with Crippen molar-refractivity contribution in [3.05, 3.63) is 56.5 Å². The minimum absolute atomic E-state index is 0.246. The molecular formula is C16H20ClNO. The van der Waals surface area contributed by atoms with Crippen molar-refractivity contribution in [2.75, 3.05) is 0 Å². The number of halogens is 1. The van der Waals surface area contributed by atoms with Crippen molar-refractivity contribution in [2.24, 2.45) is 5.73 Å². The minimum atomic E-state index is -0.246. The quantitative estimate of drug-likeness (QED) is 0.876. The van der Waals surface area contributed by atoms with Crippen molar-refractivity contribution in [1.29, 1.82) is 0 Å². The Labute approximate surface area is 119 Å². The number of aryl methyl sites for hydroxylation is 4. The van der Waals surface area contributed by atoms with Gasteiger partial charge < -0.3 is 10.2 Å². The molecule has 102 valence electrons. The molecule has 2 rings (SSSR count). The van der Waals surface area contributed by atoms with Crippen LogP contribution in [0.2, 0.25) is 5.02 Å². The largest absolute Gasteiger partial charge is 0.466 e. The average Bonchev–Trinajstić information content (AvgIpc) is 2.57. The van der Waals surface area contributed by atoms with Crippen LogP contribution in [0.25, 0.3) is 0 Å². The van der Waals surface area contributed by atoms with Crippen molar-refractivity contribution in [2.45, 2.75) is 40.7 Å². The lowest BCUT2D eigenvalue weighted by Crippen LogP contribution is -2.14. The summed E-state index contributed by atoms with van der Waals surface area (Å²) in [6.45, 7) is 10.1. The molecule has 0 saturated heterocycles. The number of hydrogen-bond donors (Lipinski definition) is 1. The molecule has 2 N–H and O–H groups in total. The van der Waals surface area contributed by atoms with E-state index in [1.54, 1.807) is 0 Å². The summed E-state index contributed by atoms with van der Waals surface area (Å²) < 4.78 is 5.66. The molecule has 0 aliphatic heterocycles. The zero-order valence-corrected chi connectivity index (χ0v) is 12.9. The highest BCUT2D eigenvalue weighted by atomic mass is 35.5. The number of rotatable bonds is 2. The van der Waals surface area contributed by atoms with Crippen molar-refractivity contribution in [1.82, 2.24) is 0 Å². The van der Waals surface area contributed by atoms with E-state index in [4.69, 9.17) is 21.8 Å². The van der Waals surface area contributed by atoms with Gasteiger partial charge in [-0.2, -0.15) is 0 Å². The van der Waals surface area contributed by atoms with Gasteiger partial charge in [-0.1, -0.05) is 17.7 Å². The van der Waals surface area contributed by atoms with E-state index in [0.29, 0.717) is 5.02 Å². The van der Waals surface area contributed by atoms with Crippen LogP contribution >= 0.6 is 11.6 Å². The predicted octanol–water partition coefficient (Wildman–Crippen LogP) is 4.52. The van der Waals surface area contributed by atoms with Crippen molar-refractivity contribution >= 4 is 11.6 Å². The summed E-state index contributed by atoms with van der Waals surface area (Å²) in [4.78, 5) is 0. The Hall–Kier alpha value is -1.25. The SMILES string of the molecule is Cc1cc(Cl)c(C(N)c2c(C)oc(C)c2C)cc1C. The Bertz CT molecular complexity index is 628. The summed E-state index contributed by atoms with van der Waals surface area (Å²) in [7, 11) is 0. The smallest absolute Gasteiger partial charge is 0.106 e. The average molecular weight is 278 g/mol. The van der Waals surface area contributed by atoms with Gasteiger partial charge in [0.15, 0.2) is 0 Å². The second-order valence-electron chi connectivity index (χ2n) is 5.19. The first-order valence-corrected chi connectivity index (χ1v) is 6.79. The molecule has 0 amide bonds. The molecule has 19 heavy (non-hydrogen) atoms. The van der Waals surface area contributed by atoms with Gasteiger partial charge in [0.1, 0.15) is 11.5 Å². The molecule has 0 saturated carbocycles. The molecule has 2 aromatic rings. The van der Waals surface area contributed by atoms with Gasteiger partial charge in [0, 0.05) is 10.6 Å². The summed E-state index contributed by atoms with van der Waals surface area (Å²) >= 11 is 6.35. The van der Waals surface area contributed by atoms with E-state index in [0.717, 1.165) is 28.2 Å². The summed E-state index contributed by atoms with van der Waals surface area (Å²) in [6.07, 6.45) is 0. The molecule has 0 fully saturated rings. The maximum Gasteiger partial charge on any atom is 0.106 e. The second kappa shape index (κ2) is 5.03. The molecule has 0 aliphatic carbocycles. The third-order valence-electron chi connectivity index (χ3n) is 3.88. The van der Waals surface area contributed by atoms with Gasteiger partial charge in [-0.25, -0.2) is 0 Å². The lowest BCUT2D eigenvalue weighted by atomic mass is 9.94. The normalized spacial score (nSPS) is 12.8. The fourth-order valence-corrected chi connectivity index (χ4v) is 2.80. The molecule has 0 spiro atoms. The van der Waals surface area contributed by atoms with E-state index in [1.807, 2.05) is 26.8 Å². The Morgan fingerprint density at radius 2 is 1.58 bits per heavy atom. The van der Waals surface area contributed by atoms with Gasteiger partial charge in [-0.15, -0.1) is 0 Å². The summed E-state index contributed by atoms with van der Waals surface area (Å²) in [5.41, 5.74) is 11.9. The van der Waals surface area contributed by atoms with Crippen molar-refractivity contribution < 1.29 is 4.42 Å².